The molecule has 9 nitrogen and oxygen atoms in total. The van der Waals surface area contributed by atoms with Crippen LogP contribution in [0.5, 0.6) is 5.75 Å². The highest BCUT2D eigenvalue weighted by Gasteiger charge is 2.51. The quantitative estimate of drug-likeness (QED) is 0.316. The second kappa shape index (κ2) is 8.92. The number of aliphatic hydroxyl groups is 2. The molecule has 2 aromatic rings. The number of nitrogens with two attached hydrogens (primary N) is 1. The van der Waals surface area contributed by atoms with Crippen molar-refractivity contribution in [3.05, 3.63) is 75.6 Å². The summed E-state index contributed by atoms with van der Waals surface area (Å²) < 4.78 is 0. The van der Waals surface area contributed by atoms with Crippen molar-refractivity contribution < 1.29 is 34.5 Å². The number of aliphatic hydroxyl groups excluding tert-OH is 2. The number of aromatic hydroxyl groups is 1. The van der Waals surface area contributed by atoms with Gasteiger partial charge in [-0.05, 0) is 54.9 Å². The number of hydrogen-bond donors (Lipinski definition) is 5. The molecule has 0 bridgehead atoms. The van der Waals surface area contributed by atoms with Crippen molar-refractivity contribution in [3.8, 4) is 5.75 Å². The Morgan fingerprint density at radius 1 is 1.03 bits per heavy atom. The average molecular weight is 503 g/mol. The normalized spacial score (nSPS) is 22.8. The number of amides is 2. The molecule has 1 fully saturated rings. The number of carbonyl (C=O) groups is 4. The van der Waals surface area contributed by atoms with Crippen LogP contribution in [-0.2, 0) is 32.0 Å². The predicted molar refractivity (Wildman–Crippen MR) is 133 cm³/mol. The first kappa shape index (κ1) is 24.3. The minimum absolute atomic E-state index is 0.0249. The molecule has 9 heteroatoms. The number of anilines is 1. The van der Waals surface area contributed by atoms with E-state index in [0.717, 1.165) is 11.1 Å². The maximum absolute atomic E-state index is 13.5. The standard InChI is InChI=1S/C28H26N2O7/c1-12-2-4-13(5-3-12)8-20(33)30-17-6-7-18(31)23-16(17)10-14-9-15-11-19(32)24(28(29)37)27(36)22(15)25(34)21(14)26(23)35/h2-7,14-15,22,31,35-36H,8-11H2,1H3,(H2,29,37)(H,30,33). The first-order valence-electron chi connectivity index (χ1n) is 12.0. The molecule has 3 atom stereocenters. The summed E-state index contributed by atoms with van der Waals surface area (Å²) in [6, 6.07) is 10.4. The fraction of sp³-hybridized carbons (Fsp3) is 0.286. The van der Waals surface area contributed by atoms with Crippen molar-refractivity contribution in [1.29, 1.82) is 0 Å². The summed E-state index contributed by atoms with van der Waals surface area (Å²) >= 11 is 0. The Bertz CT molecular complexity index is 1440. The van der Waals surface area contributed by atoms with Crippen LogP contribution >= 0.6 is 0 Å². The molecule has 3 unspecified atom stereocenters. The number of ketones is 2. The van der Waals surface area contributed by atoms with Crippen molar-refractivity contribution in [2.24, 2.45) is 23.5 Å². The minimum atomic E-state index is -1.17. The zero-order valence-electron chi connectivity index (χ0n) is 20.1. The van der Waals surface area contributed by atoms with Gasteiger partial charge in [0.25, 0.3) is 5.91 Å². The molecule has 2 amide bonds. The second-order valence-corrected chi connectivity index (χ2v) is 9.95. The number of carbonyl (C=O) groups excluding carboxylic acids is 4. The summed E-state index contributed by atoms with van der Waals surface area (Å²) in [6.45, 7) is 1.95. The van der Waals surface area contributed by atoms with E-state index in [1.807, 2.05) is 31.2 Å². The van der Waals surface area contributed by atoms with Crippen LogP contribution in [0, 0.1) is 24.7 Å². The van der Waals surface area contributed by atoms with Gasteiger partial charge in [-0.25, -0.2) is 0 Å². The predicted octanol–water partition coefficient (Wildman–Crippen LogP) is 2.80. The van der Waals surface area contributed by atoms with Gasteiger partial charge in [-0.15, -0.1) is 0 Å². The Hall–Kier alpha value is -4.40. The van der Waals surface area contributed by atoms with E-state index < -0.39 is 52.3 Å². The number of hydrogen-bond acceptors (Lipinski definition) is 7. The lowest BCUT2D eigenvalue weighted by Gasteiger charge is -2.41. The summed E-state index contributed by atoms with van der Waals surface area (Å²) in [5.74, 6) is -6.22. The van der Waals surface area contributed by atoms with Gasteiger partial charge in [0.2, 0.25) is 5.91 Å². The number of phenolic OH excluding ortho intramolecular Hbond substituents is 1. The number of rotatable bonds is 4. The van der Waals surface area contributed by atoms with Crippen molar-refractivity contribution in [2.75, 3.05) is 5.32 Å². The molecule has 3 aliphatic rings. The lowest BCUT2D eigenvalue weighted by molar-refractivity contribution is -0.127. The van der Waals surface area contributed by atoms with Crippen LogP contribution in [0.25, 0.3) is 5.76 Å². The molecule has 0 heterocycles. The van der Waals surface area contributed by atoms with Gasteiger partial charge in [0.1, 0.15) is 22.8 Å². The molecule has 1 saturated carbocycles. The van der Waals surface area contributed by atoms with E-state index in [1.54, 1.807) is 6.07 Å². The molecular weight excluding hydrogens is 476 g/mol. The van der Waals surface area contributed by atoms with E-state index >= 15 is 0 Å². The summed E-state index contributed by atoms with van der Waals surface area (Å²) in [5.41, 5.74) is 7.53. The van der Waals surface area contributed by atoms with Gasteiger partial charge in [-0.1, -0.05) is 29.8 Å². The van der Waals surface area contributed by atoms with E-state index in [2.05, 4.69) is 5.32 Å². The number of allylic oxidation sites excluding steroid dienone is 2. The van der Waals surface area contributed by atoms with Crippen LogP contribution in [0.15, 0.2) is 53.3 Å². The van der Waals surface area contributed by atoms with Gasteiger partial charge in [0.05, 0.1) is 17.9 Å². The molecule has 37 heavy (non-hydrogen) atoms. The number of nitrogens with one attached hydrogen (secondary N) is 1. The maximum atomic E-state index is 13.5. The number of primary amides is 1. The zero-order valence-corrected chi connectivity index (χ0v) is 20.1. The van der Waals surface area contributed by atoms with Gasteiger partial charge < -0.3 is 26.4 Å². The van der Waals surface area contributed by atoms with E-state index in [9.17, 15) is 34.5 Å². The van der Waals surface area contributed by atoms with E-state index in [0.29, 0.717) is 11.3 Å². The summed E-state index contributed by atoms with van der Waals surface area (Å²) in [7, 11) is 0. The molecule has 2 aromatic carbocycles. The number of fused-ring (bicyclic) bond motifs is 3. The maximum Gasteiger partial charge on any atom is 0.255 e. The highest BCUT2D eigenvalue weighted by molar-refractivity contribution is 6.21. The Morgan fingerprint density at radius 3 is 2.41 bits per heavy atom. The fourth-order valence-corrected chi connectivity index (χ4v) is 5.84. The number of Topliss-reactive ketones (excluding diaryl/α,β-unsaturated/α-hetero) is 2. The highest BCUT2D eigenvalue weighted by atomic mass is 16.3. The van der Waals surface area contributed by atoms with Crippen LogP contribution in [0.3, 0.4) is 0 Å². The molecule has 0 spiro atoms. The highest BCUT2D eigenvalue weighted by Crippen LogP contribution is 2.51. The molecule has 0 aliphatic heterocycles. The largest absolute Gasteiger partial charge is 0.511 e. The molecule has 0 saturated heterocycles. The van der Waals surface area contributed by atoms with Crippen molar-refractivity contribution in [1.82, 2.24) is 0 Å². The SMILES string of the molecule is Cc1ccc(CC(=O)Nc2ccc(O)c3c2CC2CC4CC(=O)C(C(N)=O)=C(O)C4C(=O)C2=C3O)cc1. The molecule has 0 aromatic heterocycles. The molecule has 0 radical (unpaired) electrons. The van der Waals surface area contributed by atoms with Crippen LogP contribution in [-0.4, -0.2) is 38.7 Å². The van der Waals surface area contributed by atoms with E-state index in [1.165, 1.54) is 6.07 Å². The third-order valence-electron chi connectivity index (χ3n) is 7.53. The third kappa shape index (κ3) is 4.06. The second-order valence-electron chi connectivity index (χ2n) is 9.95. The van der Waals surface area contributed by atoms with Crippen molar-refractivity contribution in [3.63, 3.8) is 0 Å². The third-order valence-corrected chi connectivity index (χ3v) is 7.53. The van der Waals surface area contributed by atoms with Crippen LogP contribution < -0.4 is 11.1 Å². The lowest BCUT2D eigenvalue weighted by atomic mass is 9.61. The Balaban J connectivity index is 1.50. The molecule has 5 rings (SSSR count). The van der Waals surface area contributed by atoms with Gasteiger partial charge in [-0.2, -0.15) is 0 Å². The van der Waals surface area contributed by atoms with Gasteiger partial charge in [0, 0.05) is 17.7 Å². The van der Waals surface area contributed by atoms with E-state index in [4.69, 9.17) is 5.73 Å². The van der Waals surface area contributed by atoms with Gasteiger partial charge in [0.15, 0.2) is 11.6 Å². The van der Waals surface area contributed by atoms with Crippen molar-refractivity contribution in [2.45, 2.75) is 32.6 Å². The van der Waals surface area contributed by atoms with Gasteiger partial charge >= 0.3 is 0 Å². The smallest absolute Gasteiger partial charge is 0.255 e. The zero-order chi connectivity index (χ0) is 26.6. The number of aryl methyl sites for hydroxylation is 1. The minimum Gasteiger partial charge on any atom is -0.511 e. The summed E-state index contributed by atoms with van der Waals surface area (Å²) in [5, 5.41) is 35.2. The first-order valence-corrected chi connectivity index (χ1v) is 12.0. The fourth-order valence-electron chi connectivity index (χ4n) is 5.84. The molecule has 190 valence electrons. The molecule has 3 aliphatic carbocycles. The summed E-state index contributed by atoms with van der Waals surface area (Å²) in [6.07, 6.45) is 0.504. The van der Waals surface area contributed by atoms with Crippen LogP contribution in [0.1, 0.15) is 35.1 Å². The van der Waals surface area contributed by atoms with Crippen LogP contribution in [0.4, 0.5) is 5.69 Å². The van der Waals surface area contributed by atoms with Gasteiger partial charge in [-0.3, -0.25) is 19.2 Å². The number of phenols is 1. The molecule has 6 N–H and O–H groups in total. The average Bonchev–Trinajstić information content (AvgIpc) is 2.81. The lowest BCUT2D eigenvalue weighted by Crippen LogP contribution is -2.44. The first-order chi connectivity index (χ1) is 17.6. The monoisotopic (exact) mass is 502 g/mol. The van der Waals surface area contributed by atoms with Crippen molar-refractivity contribution >= 4 is 34.8 Å². The topological polar surface area (TPSA) is 167 Å². The summed E-state index contributed by atoms with van der Waals surface area (Å²) in [4.78, 5) is 50.4. The van der Waals surface area contributed by atoms with Crippen LogP contribution in [0.2, 0.25) is 0 Å². The Morgan fingerprint density at radius 2 is 1.73 bits per heavy atom. The molecular formula is C28H26N2O7. The van der Waals surface area contributed by atoms with E-state index in [-0.39, 0.29) is 48.5 Å². The Labute approximate surface area is 212 Å². The number of benzene rings is 2. The Kier molecular flexibility index (Phi) is 5.86.